The summed E-state index contributed by atoms with van der Waals surface area (Å²) in [6.45, 7) is 0.518. The first-order valence-corrected chi connectivity index (χ1v) is 8.31. The van der Waals surface area contributed by atoms with Gasteiger partial charge in [0, 0.05) is 17.3 Å². The lowest BCUT2D eigenvalue weighted by molar-refractivity contribution is -0.111. The molecule has 0 aliphatic heterocycles. The normalized spacial score (nSPS) is 10.7. The molecule has 27 heavy (non-hydrogen) atoms. The van der Waals surface area contributed by atoms with Crippen LogP contribution in [0.3, 0.4) is 0 Å². The molecule has 138 valence electrons. The number of para-hydroxylation sites is 2. The van der Waals surface area contributed by atoms with E-state index in [1.165, 1.54) is 12.4 Å². The fraction of sp³-hybridized carbons (Fsp3) is 0.150. The van der Waals surface area contributed by atoms with Crippen molar-refractivity contribution < 1.29 is 14.3 Å². The highest BCUT2D eigenvalue weighted by Gasteiger charge is 2.08. The van der Waals surface area contributed by atoms with Gasteiger partial charge >= 0.3 is 0 Å². The van der Waals surface area contributed by atoms with Crippen molar-refractivity contribution in [3.8, 4) is 11.5 Å². The van der Waals surface area contributed by atoms with Crippen LogP contribution in [0.1, 0.15) is 11.1 Å². The summed E-state index contributed by atoms with van der Waals surface area (Å²) in [6.07, 6.45) is 6.26. The molecule has 1 N–H and O–H groups in total. The average molecular weight is 364 g/mol. The van der Waals surface area contributed by atoms with E-state index >= 15 is 0 Å². The summed E-state index contributed by atoms with van der Waals surface area (Å²) in [6, 6.07) is 13.1. The lowest BCUT2D eigenvalue weighted by atomic mass is 10.1. The van der Waals surface area contributed by atoms with Crippen molar-refractivity contribution >= 4 is 17.7 Å². The Kier molecular flexibility index (Phi) is 5.84. The molecule has 1 amide bonds. The van der Waals surface area contributed by atoms with Gasteiger partial charge in [0.25, 0.3) is 0 Å². The molecule has 0 unspecified atom stereocenters. The van der Waals surface area contributed by atoms with Crippen molar-refractivity contribution in [1.29, 1.82) is 0 Å². The van der Waals surface area contributed by atoms with Crippen molar-refractivity contribution in [1.82, 2.24) is 14.8 Å². The highest BCUT2D eigenvalue weighted by Crippen LogP contribution is 2.31. The van der Waals surface area contributed by atoms with Crippen LogP contribution in [0.5, 0.6) is 11.5 Å². The molecule has 0 saturated carbocycles. The third kappa shape index (κ3) is 4.52. The molecular formula is C20H20N4O3. The van der Waals surface area contributed by atoms with E-state index in [9.17, 15) is 4.79 Å². The number of nitrogens with zero attached hydrogens (tertiary/aromatic N) is 3. The first-order valence-electron chi connectivity index (χ1n) is 8.31. The first kappa shape index (κ1) is 18.2. The predicted molar refractivity (Wildman–Crippen MR) is 103 cm³/mol. The predicted octanol–water partition coefficient (Wildman–Crippen LogP) is 3.00. The van der Waals surface area contributed by atoms with E-state index in [1.54, 1.807) is 37.4 Å². The molecule has 1 aromatic heterocycles. The van der Waals surface area contributed by atoms with E-state index in [1.807, 2.05) is 36.4 Å². The SMILES string of the molecule is COc1cccc(C=CC(=O)Nc2ccccc2Cn2cncn2)c1OC. The smallest absolute Gasteiger partial charge is 0.248 e. The molecule has 0 radical (unpaired) electrons. The average Bonchev–Trinajstić information content (AvgIpc) is 3.20. The minimum Gasteiger partial charge on any atom is -0.493 e. The van der Waals surface area contributed by atoms with Crippen LogP contribution in [-0.4, -0.2) is 34.9 Å². The van der Waals surface area contributed by atoms with Crippen molar-refractivity contribution in [2.75, 3.05) is 19.5 Å². The Morgan fingerprint density at radius 3 is 2.74 bits per heavy atom. The van der Waals surface area contributed by atoms with Crippen LogP contribution in [0.15, 0.2) is 61.2 Å². The molecule has 3 rings (SSSR count). The number of amides is 1. The number of ether oxygens (including phenoxy) is 2. The van der Waals surface area contributed by atoms with Crippen molar-refractivity contribution in [3.05, 3.63) is 72.3 Å². The molecule has 0 fully saturated rings. The first-order chi connectivity index (χ1) is 13.2. The summed E-state index contributed by atoms with van der Waals surface area (Å²) in [5, 5.41) is 7.00. The van der Waals surface area contributed by atoms with Crippen molar-refractivity contribution in [3.63, 3.8) is 0 Å². The number of rotatable bonds is 7. The van der Waals surface area contributed by atoms with Gasteiger partial charge in [-0.3, -0.25) is 4.79 Å². The highest BCUT2D eigenvalue weighted by atomic mass is 16.5. The number of nitrogens with one attached hydrogen (secondary N) is 1. The van der Waals surface area contributed by atoms with E-state index in [4.69, 9.17) is 9.47 Å². The Morgan fingerprint density at radius 1 is 1.15 bits per heavy atom. The minimum absolute atomic E-state index is 0.245. The molecule has 7 heteroatoms. The van der Waals surface area contributed by atoms with Gasteiger partial charge in [0.15, 0.2) is 11.5 Å². The molecule has 0 bridgehead atoms. The maximum absolute atomic E-state index is 12.4. The van der Waals surface area contributed by atoms with Crippen LogP contribution >= 0.6 is 0 Å². The molecule has 2 aromatic carbocycles. The quantitative estimate of drug-likeness (QED) is 0.652. The van der Waals surface area contributed by atoms with E-state index in [-0.39, 0.29) is 5.91 Å². The summed E-state index contributed by atoms with van der Waals surface area (Å²) in [7, 11) is 3.14. The Bertz CT molecular complexity index is 936. The molecule has 3 aromatic rings. The van der Waals surface area contributed by atoms with Gasteiger partial charge in [0.2, 0.25) is 5.91 Å². The van der Waals surface area contributed by atoms with Crippen LogP contribution in [0.25, 0.3) is 6.08 Å². The molecule has 1 heterocycles. The number of carbonyl (C=O) groups excluding carboxylic acids is 1. The Labute approximate surface area is 157 Å². The fourth-order valence-corrected chi connectivity index (χ4v) is 2.65. The molecule has 0 saturated heterocycles. The summed E-state index contributed by atoms with van der Waals surface area (Å²) in [4.78, 5) is 16.3. The van der Waals surface area contributed by atoms with E-state index < -0.39 is 0 Å². The number of hydrogen-bond donors (Lipinski definition) is 1. The van der Waals surface area contributed by atoms with Crippen molar-refractivity contribution in [2.24, 2.45) is 0 Å². The van der Waals surface area contributed by atoms with Crippen LogP contribution in [0, 0.1) is 0 Å². The molecule has 0 aliphatic rings. The largest absolute Gasteiger partial charge is 0.493 e. The molecule has 0 spiro atoms. The van der Waals surface area contributed by atoms with Gasteiger partial charge in [-0.15, -0.1) is 0 Å². The van der Waals surface area contributed by atoms with E-state index in [0.717, 1.165) is 16.8 Å². The minimum atomic E-state index is -0.245. The van der Waals surface area contributed by atoms with Gasteiger partial charge in [-0.2, -0.15) is 5.10 Å². The summed E-state index contributed by atoms with van der Waals surface area (Å²) in [5.41, 5.74) is 2.41. The second kappa shape index (κ2) is 8.66. The number of methoxy groups -OCH3 is 2. The zero-order valence-electron chi connectivity index (χ0n) is 15.1. The standard InChI is InChI=1S/C20H20N4O3/c1-26-18-9-5-7-15(20(18)27-2)10-11-19(25)23-17-8-4-3-6-16(17)12-24-14-21-13-22-24/h3-11,13-14H,12H2,1-2H3,(H,23,25). The number of aromatic nitrogens is 3. The van der Waals surface area contributed by atoms with E-state index in [2.05, 4.69) is 15.4 Å². The molecular weight excluding hydrogens is 344 g/mol. The Morgan fingerprint density at radius 2 is 2.00 bits per heavy atom. The monoisotopic (exact) mass is 364 g/mol. The van der Waals surface area contributed by atoms with Gasteiger partial charge in [0.1, 0.15) is 12.7 Å². The van der Waals surface area contributed by atoms with Gasteiger partial charge in [-0.25, -0.2) is 9.67 Å². The molecule has 7 nitrogen and oxygen atoms in total. The van der Waals surface area contributed by atoms with Gasteiger partial charge in [-0.1, -0.05) is 30.3 Å². The number of hydrogen-bond acceptors (Lipinski definition) is 5. The zero-order valence-corrected chi connectivity index (χ0v) is 15.1. The van der Waals surface area contributed by atoms with Crippen LogP contribution < -0.4 is 14.8 Å². The maximum Gasteiger partial charge on any atom is 0.248 e. The highest BCUT2D eigenvalue weighted by molar-refractivity contribution is 6.02. The summed E-state index contributed by atoms with van der Waals surface area (Å²) in [5.74, 6) is 0.944. The summed E-state index contributed by atoms with van der Waals surface area (Å²) >= 11 is 0. The number of carbonyl (C=O) groups is 1. The zero-order chi connectivity index (χ0) is 19.1. The van der Waals surface area contributed by atoms with Gasteiger partial charge in [-0.05, 0) is 23.8 Å². The fourth-order valence-electron chi connectivity index (χ4n) is 2.65. The Hall–Kier alpha value is -3.61. The summed E-state index contributed by atoms with van der Waals surface area (Å²) < 4.78 is 12.3. The molecule has 0 aliphatic carbocycles. The maximum atomic E-state index is 12.4. The van der Waals surface area contributed by atoms with Crippen LogP contribution in [0.4, 0.5) is 5.69 Å². The third-order valence-corrected chi connectivity index (χ3v) is 3.92. The topological polar surface area (TPSA) is 78.3 Å². The third-order valence-electron chi connectivity index (χ3n) is 3.92. The number of anilines is 1. The van der Waals surface area contributed by atoms with Crippen LogP contribution in [-0.2, 0) is 11.3 Å². The van der Waals surface area contributed by atoms with Crippen molar-refractivity contribution in [2.45, 2.75) is 6.54 Å². The van der Waals surface area contributed by atoms with Gasteiger partial charge in [0.05, 0.1) is 20.8 Å². The number of benzene rings is 2. The van der Waals surface area contributed by atoms with E-state index in [0.29, 0.717) is 18.0 Å². The second-order valence-corrected chi connectivity index (χ2v) is 5.66. The van der Waals surface area contributed by atoms with Crippen LogP contribution in [0.2, 0.25) is 0 Å². The molecule has 0 atom stereocenters. The lowest BCUT2D eigenvalue weighted by Gasteiger charge is -2.11. The Balaban J connectivity index is 1.74. The van der Waals surface area contributed by atoms with Gasteiger partial charge < -0.3 is 14.8 Å². The lowest BCUT2D eigenvalue weighted by Crippen LogP contribution is -2.11. The second-order valence-electron chi connectivity index (χ2n) is 5.66.